The Labute approximate surface area is 178 Å². The molecule has 0 unspecified atom stereocenters. The van der Waals surface area contributed by atoms with Crippen molar-refractivity contribution in [3.05, 3.63) is 23.3 Å². The summed E-state index contributed by atoms with van der Waals surface area (Å²) < 4.78 is 0. The monoisotopic (exact) mass is 400 g/mol. The molecule has 4 rings (SSSR count). The molecular weight excluding hydrogens is 356 g/mol. The van der Waals surface area contributed by atoms with E-state index < -0.39 is 0 Å². The summed E-state index contributed by atoms with van der Waals surface area (Å²) in [4.78, 5) is 0. The minimum Gasteiger partial charge on any atom is -0.393 e. The molecule has 2 heteroatoms. The van der Waals surface area contributed by atoms with Gasteiger partial charge in [-0.2, -0.15) is 0 Å². The lowest BCUT2D eigenvalue weighted by atomic mass is 9.46. The summed E-state index contributed by atoms with van der Waals surface area (Å²) in [5, 5.41) is 21.8. The minimum atomic E-state index is -0.171. The van der Waals surface area contributed by atoms with Crippen molar-refractivity contribution in [3.8, 4) is 0 Å². The highest BCUT2D eigenvalue weighted by Crippen LogP contribution is 2.67. The Kier molecular flexibility index (Phi) is 5.84. The molecule has 2 nitrogen and oxygen atoms in total. The van der Waals surface area contributed by atoms with Crippen molar-refractivity contribution in [3.63, 3.8) is 0 Å². The molecule has 0 radical (unpaired) electrons. The molecule has 4 aliphatic carbocycles. The third-order valence-corrected chi connectivity index (χ3v) is 10.1. The fraction of sp³-hybridized carbons (Fsp3) is 0.852. The average molecular weight is 401 g/mol. The minimum absolute atomic E-state index is 0.0848. The molecule has 4 aliphatic rings. The molecule has 0 aromatic heterocycles. The summed E-state index contributed by atoms with van der Waals surface area (Å²) in [6.45, 7) is 11.7. The summed E-state index contributed by atoms with van der Waals surface area (Å²) in [6, 6.07) is 0. The largest absolute Gasteiger partial charge is 0.393 e. The summed E-state index contributed by atoms with van der Waals surface area (Å²) in [5.41, 5.74) is 3.21. The first-order valence-electron chi connectivity index (χ1n) is 12.4. The van der Waals surface area contributed by atoms with Gasteiger partial charge < -0.3 is 10.2 Å². The maximum absolute atomic E-state index is 11.6. The van der Waals surface area contributed by atoms with E-state index >= 15 is 0 Å². The predicted molar refractivity (Wildman–Crippen MR) is 120 cm³/mol. The molecule has 2 N–H and O–H groups in total. The highest BCUT2D eigenvalue weighted by atomic mass is 16.3. The first-order chi connectivity index (χ1) is 13.7. The molecule has 3 saturated carbocycles. The van der Waals surface area contributed by atoms with Crippen molar-refractivity contribution in [2.45, 2.75) is 105 Å². The van der Waals surface area contributed by atoms with Gasteiger partial charge in [-0.1, -0.05) is 44.1 Å². The topological polar surface area (TPSA) is 40.5 Å². The number of aliphatic hydroxyl groups is 2. The first-order valence-corrected chi connectivity index (χ1v) is 12.4. The molecule has 0 heterocycles. The van der Waals surface area contributed by atoms with Gasteiger partial charge in [-0.25, -0.2) is 0 Å². The van der Waals surface area contributed by atoms with Crippen molar-refractivity contribution >= 4 is 0 Å². The number of fused-ring (bicyclic) bond motifs is 5. The van der Waals surface area contributed by atoms with Gasteiger partial charge in [0.2, 0.25) is 0 Å². The van der Waals surface area contributed by atoms with E-state index in [9.17, 15) is 10.2 Å². The Morgan fingerprint density at radius 3 is 2.66 bits per heavy atom. The highest BCUT2D eigenvalue weighted by Gasteiger charge is 2.62. The second-order valence-corrected chi connectivity index (χ2v) is 11.8. The molecular formula is C27H44O2. The van der Waals surface area contributed by atoms with Gasteiger partial charge in [0, 0.05) is 0 Å². The van der Waals surface area contributed by atoms with Gasteiger partial charge in [-0.05, 0) is 112 Å². The van der Waals surface area contributed by atoms with E-state index in [0.29, 0.717) is 23.7 Å². The maximum Gasteiger partial charge on any atom is 0.0602 e. The molecule has 3 fully saturated rings. The Balaban J connectivity index is 1.56. The molecule has 0 bridgehead atoms. The predicted octanol–water partition coefficient (Wildman–Crippen LogP) is 6.28. The molecule has 29 heavy (non-hydrogen) atoms. The van der Waals surface area contributed by atoms with Crippen LogP contribution < -0.4 is 0 Å². The quantitative estimate of drug-likeness (QED) is 0.545. The molecule has 9 atom stereocenters. The van der Waals surface area contributed by atoms with Crippen LogP contribution in [0, 0.1) is 40.4 Å². The number of hydrogen-bond donors (Lipinski definition) is 2. The van der Waals surface area contributed by atoms with Crippen LogP contribution in [0.3, 0.4) is 0 Å². The first kappa shape index (κ1) is 21.6. The van der Waals surface area contributed by atoms with E-state index in [1.54, 1.807) is 0 Å². The second kappa shape index (κ2) is 7.83. The zero-order valence-corrected chi connectivity index (χ0v) is 19.5. The Hall–Kier alpha value is -0.600. The molecule has 0 aromatic rings. The van der Waals surface area contributed by atoms with E-state index in [2.05, 4.69) is 46.8 Å². The normalized spacial score (nSPS) is 47.5. The highest BCUT2D eigenvalue weighted by molar-refractivity contribution is 5.26. The third kappa shape index (κ3) is 3.47. The van der Waals surface area contributed by atoms with Crippen LogP contribution in [-0.2, 0) is 0 Å². The fourth-order valence-electron chi connectivity index (χ4n) is 8.40. The molecule has 164 valence electrons. The summed E-state index contributed by atoms with van der Waals surface area (Å²) >= 11 is 0. The van der Waals surface area contributed by atoms with Crippen LogP contribution in [0.25, 0.3) is 0 Å². The Morgan fingerprint density at radius 2 is 1.93 bits per heavy atom. The molecule has 0 aliphatic heterocycles. The van der Waals surface area contributed by atoms with Gasteiger partial charge in [0.15, 0.2) is 0 Å². The summed E-state index contributed by atoms with van der Waals surface area (Å²) in [5.74, 6) is 3.32. The lowest BCUT2D eigenvalue weighted by Crippen LogP contribution is -2.56. The Bertz CT molecular complexity index is 674. The van der Waals surface area contributed by atoms with Gasteiger partial charge in [0.25, 0.3) is 0 Å². The molecule has 0 aromatic carbocycles. The van der Waals surface area contributed by atoms with Gasteiger partial charge in [0.05, 0.1) is 12.2 Å². The van der Waals surface area contributed by atoms with Crippen LogP contribution >= 0.6 is 0 Å². The van der Waals surface area contributed by atoms with Crippen LogP contribution in [0.5, 0.6) is 0 Å². The molecule has 0 amide bonds. The van der Waals surface area contributed by atoms with Crippen molar-refractivity contribution in [1.82, 2.24) is 0 Å². The van der Waals surface area contributed by atoms with Gasteiger partial charge in [-0.15, -0.1) is 0 Å². The van der Waals surface area contributed by atoms with E-state index in [-0.39, 0.29) is 23.0 Å². The number of allylic oxidation sites excluding steroid dienone is 3. The van der Waals surface area contributed by atoms with E-state index in [0.717, 1.165) is 31.6 Å². The van der Waals surface area contributed by atoms with E-state index in [1.807, 2.05) is 0 Å². The van der Waals surface area contributed by atoms with Crippen LogP contribution in [0.2, 0.25) is 0 Å². The standard InChI is InChI=1S/C27H44O2/c1-17(2)7-6-8-18(3)22-11-12-23-21-10-9-19-15-20(28)13-14-26(19,4)24(21)16-25(29)27(22,23)5/h7,9,18,20-25,28-29H,6,8,10-16H2,1-5H3/t18-,20+,21+,22-,23+,24+,25-,26+,27-/m1/s1. The lowest BCUT2D eigenvalue weighted by Gasteiger charge is -2.60. The molecule has 0 saturated heterocycles. The van der Waals surface area contributed by atoms with Crippen molar-refractivity contribution in [2.24, 2.45) is 40.4 Å². The summed E-state index contributed by atoms with van der Waals surface area (Å²) in [6.07, 6.45) is 14.6. The third-order valence-electron chi connectivity index (χ3n) is 10.1. The van der Waals surface area contributed by atoms with Crippen molar-refractivity contribution < 1.29 is 10.2 Å². The fourth-order valence-corrected chi connectivity index (χ4v) is 8.40. The van der Waals surface area contributed by atoms with Crippen LogP contribution in [0.15, 0.2) is 23.3 Å². The van der Waals surface area contributed by atoms with Gasteiger partial charge in [0.1, 0.15) is 0 Å². The summed E-state index contributed by atoms with van der Waals surface area (Å²) in [7, 11) is 0. The van der Waals surface area contributed by atoms with Crippen LogP contribution in [0.4, 0.5) is 0 Å². The van der Waals surface area contributed by atoms with Crippen LogP contribution in [-0.4, -0.2) is 22.4 Å². The number of hydrogen-bond acceptors (Lipinski definition) is 2. The van der Waals surface area contributed by atoms with Crippen LogP contribution in [0.1, 0.15) is 92.4 Å². The Morgan fingerprint density at radius 1 is 1.17 bits per heavy atom. The molecule has 0 spiro atoms. The van der Waals surface area contributed by atoms with Gasteiger partial charge >= 0.3 is 0 Å². The number of rotatable bonds is 4. The zero-order chi connectivity index (χ0) is 21.0. The number of aliphatic hydroxyl groups excluding tert-OH is 2. The van der Waals surface area contributed by atoms with Gasteiger partial charge in [-0.3, -0.25) is 0 Å². The maximum atomic E-state index is 11.6. The lowest BCUT2D eigenvalue weighted by molar-refractivity contribution is -0.136. The smallest absolute Gasteiger partial charge is 0.0602 e. The van der Waals surface area contributed by atoms with Crippen molar-refractivity contribution in [1.29, 1.82) is 0 Å². The second-order valence-electron chi connectivity index (χ2n) is 11.8. The van der Waals surface area contributed by atoms with Crippen molar-refractivity contribution in [2.75, 3.05) is 0 Å². The van der Waals surface area contributed by atoms with E-state index in [1.165, 1.54) is 43.3 Å². The SMILES string of the molecule is CC(C)=CCC[C@@H](C)[C@H]1CC[C@H]2[C@@H]3CC=C4C[C@@H](O)CC[C@]4(C)[C@H]3C[C@@H](O)[C@]12C. The average Bonchev–Trinajstić information content (AvgIpc) is 3.02. The zero-order valence-electron chi connectivity index (χ0n) is 19.5. The van der Waals surface area contributed by atoms with E-state index in [4.69, 9.17) is 0 Å².